The van der Waals surface area contributed by atoms with E-state index in [9.17, 15) is 14.4 Å². The molecule has 7 rings (SSSR count). The number of aromatic nitrogens is 1. The van der Waals surface area contributed by atoms with E-state index in [0.29, 0.717) is 5.75 Å². The molecule has 3 aromatic carbocycles. The molecule has 1 amide bonds. The van der Waals surface area contributed by atoms with Crippen molar-refractivity contribution in [2.75, 3.05) is 12.4 Å². The Kier molecular flexibility index (Phi) is 7.59. The number of para-hydroxylation sites is 1. The lowest BCUT2D eigenvalue weighted by Crippen LogP contribution is -2.41. The van der Waals surface area contributed by atoms with Crippen molar-refractivity contribution in [3.05, 3.63) is 111 Å². The molecule has 46 heavy (non-hydrogen) atoms. The summed E-state index contributed by atoms with van der Waals surface area (Å²) in [6, 6.07) is 20.2. The molecule has 236 valence electrons. The van der Waals surface area contributed by atoms with E-state index in [1.807, 2.05) is 80.6 Å². The summed E-state index contributed by atoms with van der Waals surface area (Å²) in [6.45, 7) is 3.96. The number of carbonyl (C=O) groups is 3. The monoisotopic (exact) mass is 685 g/mol. The number of carbonyl (C=O) groups excluding carboxylic acids is 3. The number of esters is 2. The molecule has 3 aliphatic rings. The van der Waals surface area contributed by atoms with Crippen LogP contribution < -0.4 is 15.4 Å². The summed E-state index contributed by atoms with van der Waals surface area (Å²) in [5.41, 5.74) is 2.93. The first-order chi connectivity index (χ1) is 22.2. The molecule has 4 bridgehead atoms. The highest BCUT2D eigenvalue weighted by Gasteiger charge is 2.61. The molecule has 1 unspecified atom stereocenters. The molecular formula is C35H32BrN3O7. The summed E-state index contributed by atoms with van der Waals surface area (Å²) in [4.78, 5) is 45.1. The number of nitrogens with zero attached hydrogens (tertiary/aromatic N) is 1. The maximum absolute atomic E-state index is 13.9. The van der Waals surface area contributed by atoms with Crippen molar-refractivity contribution in [1.29, 1.82) is 0 Å². The first kappa shape index (κ1) is 30.0. The zero-order valence-corrected chi connectivity index (χ0v) is 27.1. The van der Waals surface area contributed by atoms with Gasteiger partial charge >= 0.3 is 11.9 Å². The van der Waals surface area contributed by atoms with Crippen molar-refractivity contribution in [1.82, 2.24) is 10.3 Å². The van der Waals surface area contributed by atoms with Crippen molar-refractivity contribution in [3.63, 3.8) is 0 Å². The van der Waals surface area contributed by atoms with Gasteiger partial charge in [-0.2, -0.15) is 0 Å². The molecule has 4 aromatic rings. The number of rotatable bonds is 6. The van der Waals surface area contributed by atoms with Gasteiger partial charge in [-0.1, -0.05) is 68.4 Å². The summed E-state index contributed by atoms with van der Waals surface area (Å²) in [5, 5.41) is 6.56. The average molecular weight is 687 g/mol. The van der Waals surface area contributed by atoms with E-state index in [-0.39, 0.29) is 48.6 Å². The largest absolute Gasteiger partial charge is 0.469 e. The number of amides is 1. The van der Waals surface area contributed by atoms with Crippen LogP contribution in [0.2, 0.25) is 0 Å². The quantitative estimate of drug-likeness (QED) is 0.241. The van der Waals surface area contributed by atoms with Gasteiger partial charge in [0.1, 0.15) is 23.8 Å². The zero-order valence-electron chi connectivity index (χ0n) is 25.5. The number of fused-ring (bicyclic) bond motifs is 4. The predicted molar refractivity (Wildman–Crippen MR) is 170 cm³/mol. The fraction of sp³-hybridized carbons (Fsp3) is 0.314. The second kappa shape index (κ2) is 11.6. The Labute approximate surface area is 274 Å². The van der Waals surface area contributed by atoms with Crippen LogP contribution in [0.4, 0.5) is 5.69 Å². The van der Waals surface area contributed by atoms with Gasteiger partial charge in [0.15, 0.2) is 17.7 Å². The minimum Gasteiger partial charge on any atom is -0.469 e. The Morgan fingerprint density at radius 3 is 2.63 bits per heavy atom. The summed E-state index contributed by atoms with van der Waals surface area (Å²) in [7, 11) is 1.29. The normalized spacial score (nSPS) is 22.4. The molecule has 1 spiro atoms. The Morgan fingerprint density at radius 2 is 1.87 bits per heavy atom. The van der Waals surface area contributed by atoms with Crippen molar-refractivity contribution in [3.8, 4) is 5.75 Å². The Morgan fingerprint density at radius 1 is 1.07 bits per heavy atom. The first-order valence-corrected chi connectivity index (χ1v) is 15.9. The van der Waals surface area contributed by atoms with Crippen molar-refractivity contribution in [2.45, 2.75) is 51.0 Å². The van der Waals surface area contributed by atoms with E-state index in [2.05, 4.69) is 31.5 Å². The summed E-state index contributed by atoms with van der Waals surface area (Å²) in [5.74, 6) is -1.42. The predicted octanol–water partition coefficient (Wildman–Crippen LogP) is 5.82. The number of oxazole rings is 1. The molecule has 0 saturated carbocycles. The molecule has 11 heteroatoms. The van der Waals surface area contributed by atoms with Crippen molar-refractivity contribution >= 4 is 39.5 Å². The van der Waals surface area contributed by atoms with Crippen LogP contribution in [0.5, 0.6) is 5.75 Å². The van der Waals surface area contributed by atoms with Crippen LogP contribution in [-0.2, 0) is 37.5 Å². The number of halogens is 1. The standard InChI is InChI=1S/C35H32BrN3O7/c1-18(2)27-32-38-29(33(42)43-3)30(46-32)35-22-10-7-11-24(36)28(22)39-34(35)45-25-13-12-20(15-23(25)35)14-21(31(41)37-27)16-26(40)44-17-19-8-5-4-6-9-19/h4-13,15,18,21,27,34,39H,14,16-17H2,1-3H3,(H,37,41)/t21-,27+,34+,35?/m1/s1. The zero-order chi connectivity index (χ0) is 32.2. The van der Waals surface area contributed by atoms with E-state index >= 15 is 0 Å². The lowest BCUT2D eigenvalue weighted by Gasteiger charge is -2.28. The van der Waals surface area contributed by atoms with Gasteiger partial charge in [0.05, 0.1) is 25.1 Å². The summed E-state index contributed by atoms with van der Waals surface area (Å²) < 4.78 is 24.7. The van der Waals surface area contributed by atoms with Gasteiger partial charge in [-0.15, -0.1) is 0 Å². The average Bonchev–Trinajstić information content (AvgIpc) is 3.72. The fourth-order valence-electron chi connectivity index (χ4n) is 6.69. The van der Waals surface area contributed by atoms with Crippen LogP contribution in [0.15, 0.2) is 75.6 Å². The van der Waals surface area contributed by atoms with E-state index in [1.165, 1.54) is 7.11 Å². The minimum atomic E-state index is -1.12. The third-order valence-electron chi connectivity index (χ3n) is 8.94. The number of hydrogen-bond donors (Lipinski definition) is 2. The van der Waals surface area contributed by atoms with E-state index in [1.54, 1.807) is 0 Å². The van der Waals surface area contributed by atoms with Gasteiger partial charge in [0, 0.05) is 15.6 Å². The van der Waals surface area contributed by atoms with Gasteiger partial charge in [-0.05, 0) is 51.5 Å². The molecule has 2 N–H and O–H groups in total. The minimum absolute atomic E-state index is 0.000774. The number of methoxy groups -OCH3 is 1. The second-order valence-electron chi connectivity index (χ2n) is 12.1. The van der Waals surface area contributed by atoms with Gasteiger partial charge in [-0.25, -0.2) is 9.78 Å². The van der Waals surface area contributed by atoms with Crippen LogP contribution in [-0.4, -0.2) is 36.2 Å². The molecule has 3 aliphatic heterocycles. The molecule has 10 nitrogen and oxygen atoms in total. The molecular weight excluding hydrogens is 654 g/mol. The highest BCUT2D eigenvalue weighted by atomic mass is 79.9. The maximum Gasteiger partial charge on any atom is 0.360 e. The number of anilines is 1. The van der Waals surface area contributed by atoms with E-state index in [4.69, 9.17) is 18.6 Å². The molecule has 4 heterocycles. The molecule has 0 saturated heterocycles. The van der Waals surface area contributed by atoms with Crippen molar-refractivity contribution in [2.24, 2.45) is 11.8 Å². The maximum atomic E-state index is 13.9. The van der Waals surface area contributed by atoms with Gasteiger partial charge < -0.3 is 29.3 Å². The Hall–Kier alpha value is -4.64. The molecule has 0 radical (unpaired) electrons. The first-order valence-electron chi connectivity index (χ1n) is 15.2. The smallest absolute Gasteiger partial charge is 0.360 e. The van der Waals surface area contributed by atoms with Crippen LogP contribution in [0.3, 0.4) is 0 Å². The Balaban J connectivity index is 1.37. The lowest BCUT2D eigenvalue weighted by atomic mass is 9.72. The highest BCUT2D eigenvalue weighted by Crippen LogP contribution is 2.59. The number of ether oxygens (including phenoxy) is 3. The van der Waals surface area contributed by atoms with E-state index < -0.39 is 35.5 Å². The topological polar surface area (TPSA) is 129 Å². The lowest BCUT2D eigenvalue weighted by molar-refractivity contribution is -0.148. The van der Waals surface area contributed by atoms with Crippen LogP contribution in [0.25, 0.3) is 0 Å². The fourth-order valence-corrected chi connectivity index (χ4v) is 7.17. The van der Waals surface area contributed by atoms with Crippen LogP contribution in [0, 0.1) is 11.8 Å². The van der Waals surface area contributed by atoms with Crippen LogP contribution in [0.1, 0.15) is 70.7 Å². The summed E-state index contributed by atoms with van der Waals surface area (Å²) in [6.07, 6.45) is -0.540. The molecule has 0 fully saturated rings. The molecule has 4 atom stereocenters. The third-order valence-corrected chi connectivity index (χ3v) is 9.60. The van der Waals surface area contributed by atoms with Gasteiger partial charge in [0.25, 0.3) is 0 Å². The number of benzene rings is 3. The molecule has 1 aromatic heterocycles. The highest BCUT2D eigenvalue weighted by molar-refractivity contribution is 9.10. The Bertz CT molecular complexity index is 1860. The number of hydrogen-bond acceptors (Lipinski definition) is 9. The van der Waals surface area contributed by atoms with Crippen molar-refractivity contribution < 1.29 is 33.0 Å². The van der Waals surface area contributed by atoms with Crippen LogP contribution >= 0.6 is 15.9 Å². The van der Waals surface area contributed by atoms with E-state index in [0.717, 1.165) is 32.4 Å². The molecule has 0 aliphatic carbocycles. The second-order valence-corrected chi connectivity index (χ2v) is 13.0. The number of nitrogens with one attached hydrogen (secondary N) is 2. The van der Waals surface area contributed by atoms with Gasteiger partial charge in [-0.3, -0.25) is 9.59 Å². The SMILES string of the molecule is COC(=O)c1nc2oc1C13c4cc(ccc4O[C@@H]1Nc1c(Br)cccc13)C[C@H](CC(=O)OCc1ccccc1)C(=O)N[C@H]2C(C)C. The van der Waals surface area contributed by atoms with Gasteiger partial charge in [0.2, 0.25) is 11.8 Å². The third kappa shape index (κ3) is 4.84. The summed E-state index contributed by atoms with van der Waals surface area (Å²) >= 11 is 3.67.